The zero-order valence-electron chi connectivity index (χ0n) is 18.5. The zero-order valence-corrected chi connectivity index (χ0v) is 20.9. The van der Waals surface area contributed by atoms with E-state index < -0.39 is 9.84 Å². The number of benzene rings is 3. The maximum Gasteiger partial charge on any atom is 0.234 e. The van der Waals surface area contributed by atoms with Gasteiger partial charge in [-0.3, -0.25) is 4.79 Å². The first kappa shape index (κ1) is 24.1. The number of carbonyl (C=O) groups is 1. The first-order valence-corrected chi connectivity index (χ1v) is 13.2. The molecule has 0 bridgehead atoms. The van der Waals surface area contributed by atoms with Crippen LogP contribution in [-0.4, -0.2) is 30.0 Å². The van der Waals surface area contributed by atoms with Gasteiger partial charge < -0.3 is 10.3 Å². The van der Waals surface area contributed by atoms with Gasteiger partial charge in [-0.1, -0.05) is 77.5 Å². The van der Waals surface area contributed by atoms with Crippen molar-refractivity contribution in [2.75, 3.05) is 11.1 Å². The van der Waals surface area contributed by atoms with Gasteiger partial charge in [0.05, 0.1) is 10.6 Å². The summed E-state index contributed by atoms with van der Waals surface area (Å²) in [7, 11) is -3.87. The average molecular weight is 512 g/mol. The minimum Gasteiger partial charge on any atom is -0.328 e. The number of sulfone groups is 1. The van der Waals surface area contributed by atoms with E-state index in [0.29, 0.717) is 16.5 Å². The van der Waals surface area contributed by atoms with E-state index in [4.69, 9.17) is 11.6 Å². The molecule has 0 fully saturated rings. The van der Waals surface area contributed by atoms with Crippen LogP contribution in [0, 0.1) is 13.8 Å². The van der Waals surface area contributed by atoms with E-state index in [-0.39, 0.29) is 26.6 Å². The fraction of sp³-hybridized carbons (Fsp3) is 0.120. The van der Waals surface area contributed by atoms with Gasteiger partial charge >= 0.3 is 0 Å². The largest absolute Gasteiger partial charge is 0.328 e. The second-order valence-electron chi connectivity index (χ2n) is 7.70. The van der Waals surface area contributed by atoms with Gasteiger partial charge in [-0.05, 0) is 43.7 Å². The molecule has 0 saturated carbocycles. The van der Waals surface area contributed by atoms with Crippen LogP contribution < -0.4 is 5.32 Å². The third kappa shape index (κ3) is 5.35. The topological polar surface area (TPSA) is 91.9 Å². The van der Waals surface area contributed by atoms with Crippen LogP contribution in [0.3, 0.4) is 0 Å². The minimum atomic E-state index is -3.87. The number of anilines is 1. The summed E-state index contributed by atoms with van der Waals surface area (Å²) in [5.74, 6) is 0.1000. The van der Waals surface area contributed by atoms with E-state index in [1.54, 1.807) is 30.3 Å². The molecule has 0 saturated heterocycles. The summed E-state index contributed by atoms with van der Waals surface area (Å²) in [5, 5.41) is 3.54. The third-order valence-electron chi connectivity index (χ3n) is 5.10. The predicted molar refractivity (Wildman–Crippen MR) is 136 cm³/mol. The highest BCUT2D eigenvalue weighted by molar-refractivity contribution is 8.00. The number of hydrogen-bond donors (Lipinski definition) is 2. The Hall–Kier alpha value is -3.07. The van der Waals surface area contributed by atoms with Crippen molar-refractivity contribution >= 4 is 44.8 Å². The van der Waals surface area contributed by atoms with Crippen LogP contribution in [-0.2, 0) is 14.6 Å². The highest BCUT2D eigenvalue weighted by atomic mass is 35.5. The summed E-state index contributed by atoms with van der Waals surface area (Å²) in [5.41, 5.74) is 3.31. The second kappa shape index (κ2) is 10.0. The number of nitrogens with zero attached hydrogens (tertiary/aromatic N) is 1. The fourth-order valence-electron chi connectivity index (χ4n) is 3.24. The molecule has 9 heteroatoms. The number of halogens is 1. The summed E-state index contributed by atoms with van der Waals surface area (Å²) in [4.78, 5) is 20.3. The number of imidazole rings is 1. The van der Waals surface area contributed by atoms with Gasteiger partial charge in [-0.2, -0.15) is 0 Å². The molecule has 2 N–H and O–H groups in total. The van der Waals surface area contributed by atoms with Crippen LogP contribution in [0.5, 0.6) is 0 Å². The Morgan fingerprint density at radius 1 is 1.03 bits per heavy atom. The first-order valence-electron chi connectivity index (χ1n) is 10.4. The Morgan fingerprint density at radius 3 is 2.44 bits per heavy atom. The lowest BCUT2D eigenvalue weighted by Gasteiger charge is -2.09. The van der Waals surface area contributed by atoms with Gasteiger partial charge in [0.1, 0.15) is 10.9 Å². The molecular weight excluding hydrogens is 490 g/mol. The number of amides is 1. The van der Waals surface area contributed by atoms with E-state index in [2.05, 4.69) is 15.3 Å². The number of H-pyrrole nitrogens is 1. The van der Waals surface area contributed by atoms with Crippen LogP contribution in [0.2, 0.25) is 5.02 Å². The smallest absolute Gasteiger partial charge is 0.234 e. The number of aromatic amines is 1. The molecule has 0 aliphatic carbocycles. The van der Waals surface area contributed by atoms with Crippen LogP contribution in [0.4, 0.5) is 5.69 Å². The number of aromatic nitrogens is 2. The molecular formula is C25H22ClN3O3S2. The monoisotopic (exact) mass is 511 g/mol. The van der Waals surface area contributed by atoms with Gasteiger partial charge in [0, 0.05) is 16.3 Å². The van der Waals surface area contributed by atoms with Crippen LogP contribution in [0.15, 0.2) is 87.7 Å². The first-order chi connectivity index (χ1) is 16.2. The molecule has 1 amide bonds. The van der Waals surface area contributed by atoms with E-state index in [0.717, 1.165) is 28.5 Å². The molecule has 1 aromatic heterocycles. The Labute approximate surface area is 207 Å². The highest BCUT2D eigenvalue weighted by Crippen LogP contribution is 2.32. The maximum absolute atomic E-state index is 13.4. The van der Waals surface area contributed by atoms with E-state index in [1.165, 1.54) is 12.1 Å². The lowest BCUT2D eigenvalue weighted by molar-refractivity contribution is -0.113. The molecule has 6 nitrogen and oxygen atoms in total. The zero-order chi connectivity index (χ0) is 24.3. The molecule has 34 heavy (non-hydrogen) atoms. The second-order valence-corrected chi connectivity index (χ2v) is 11.0. The number of rotatable bonds is 7. The maximum atomic E-state index is 13.4. The van der Waals surface area contributed by atoms with Crippen molar-refractivity contribution in [3.63, 3.8) is 0 Å². The van der Waals surface area contributed by atoms with Gasteiger partial charge in [-0.15, -0.1) is 0 Å². The molecule has 0 spiro atoms. The summed E-state index contributed by atoms with van der Waals surface area (Å²) >= 11 is 7.09. The number of thioether (sulfide) groups is 1. The number of aryl methyl sites for hydroxylation is 2. The molecule has 3 aromatic carbocycles. The molecule has 0 aliphatic heterocycles. The highest BCUT2D eigenvalue weighted by Gasteiger charge is 2.26. The van der Waals surface area contributed by atoms with Crippen molar-refractivity contribution < 1.29 is 13.2 Å². The lowest BCUT2D eigenvalue weighted by Crippen LogP contribution is -2.15. The molecule has 4 aromatic rings. The summed E-state index contributed by atoms with van der Waals surface area (Å²) in [6.45, 7) is 3.84. The number of carbonyl (C=O) groups excluding carboxylic acids is 1. The third-order valence-corrected chi connectivity index (χ3v) is 8.17. The molecule has 174 valence electrons. The molecule has 4 rings (SSSR count). The van der Waals surface area contributed by atoms with Crippen molar-refractivity contribution in [2.45, 2.75) is 28.8 Å². The van der Waals surface area contributed by atoms with E-state index in [9.17, 15) is 13.2 Å². The summed E-state index contributed by atoms with van der Waals surface area (Å²) in [6, 6.07) is 21.0. The molecule has 0 aliphatic rings. The lowest BCUT2D eigenvalue weighted by atomic mass is 10.1. The van der Waals surface area contributed by atoms with Crippen molar-refractivity contribution in [3.8, 4) is 11.4 Å². The number of nitrogens with one attached hydrogen (secondary N) is 2. The molecule has 1 heterocycles. The van der Waals surface area contributed by atoms with Gasteiger partial charge in [0.15, 0.2) is 5.03 Å². The molecule has 0 atom stereocenters. The molecule has 0 unspecified atom stereocenters. The minimum absolute atomic E-state index is 0.0263. The van der Waals surface area contributed by atoms with Crippen LogP contribution in [0.1, 0.15) is 11.1 Å². The Bertz CT molecular complexity index is 1430. The van der Waals surface area contributed by atoms with Crippen molar-refractivity contribution in [1.29, 1.82) is 0 Å². The fourth-order valence-corrected chi connectivity index (χ4v) is 5.85. The Morgan fingerprint density at radius 2 is 1.74 bits per heavy atom. The summed E-state index contributed by atoms with van der Waals surface area (Å²) < 4.78 is 26.7. The Kier molecular flexibility index (Phi) is 7.11. The SMILES string of the molecule is Cc1ccc(-c2nc(SCC(=O)Nc3cc(Cl)ccc3C)c(S(=O)(=O)c3ccccc3)[nH]2)cc1. The van der Waals surface area contributed by atoms with E-state index >= 15 is 0 Å². The van der Waals surface area contributed by atoms with Gasteiger partial charge in [0.2, 0.25) is 15.7 Å². The standard InChI is InChI=1S/C25H22ClN3O3S2/c1-16-8-11-18(12-9-16)23-28-24(25(29-23)34(31,32)20-6-4-3-5-7-20)33-15-22(30)27-21-14-19(26)13-10-17(21)2/h3-14H,15H2,1-2H3,(H,27,30)(H,28,29). The van der Waals surface area contributed by atoms with E-state index in [1.807, 2.05) is 44.2 Å². The van der Waals surface area contributed by atoms with Crippen LogP contribution in [0.25, 0.3) is 11.4 Å². The molecule has 0 radical (unpaired) electrons. The van der Waals surface area contributed by atoms with Crippen molar-refractivity contribution in [1.82, 2.24) is 9.97 Å². The number of hydrogen-bond acceptors (Lipinski definition) is 5. The van der Waals surface area contributed by atoms with Crippen molar-refractivity contribution in [2.24, 2.45) is 0 Å². The quantitative estimate of drug-likeness (QED) is 0.301. The van der Waals surface area contributed by atoms with Crippen molar-refractivity contribution in [3.05, 3.63) is 88.9 Å². The van der Waals surface area contributed by atoms with Crippen LogP contribution >= 0.6 is 23.4 Å². The normalized spacial score (nSPS) is 11.4. The van der Waals surface area contributed by atoms with Gasteiger partial charge in [0.25, 0.3) is 0 Å². The Balaban J connectivity index is 1.64. The average Bonchev–Trinajstić information content (AvgIpc) is 3.26. The summed E-state index contributed by atoms with van der Waals surface area (Å²) in [6.07, 6.45) is 0. The predicted octanol–water partition coefficient (Wildman–Crippen LogP) is 5.91. The van der Waals surface area contributed by atoms with Gasteiger partial charge in [-0.25, -0.2) is 13.4 Å².